The van der Waals surface area contributed by atoms with Gasteiger partial charge < -0.3 is 5.11 Å². The van der Waals surface area contributed by atoms with Gasteiger partial charge in [0, 0.05) is 0 Å². The largest absolute Gasteiger partial charge is 0.480 e. The van der Waals surface area contributed by atoms with E-state index in [-0.39, 0.29) is 5.92 Å². The van der Waals surface area contributed by atoms with Crippen molar-refractivity contribution in [3.63, 3.8) is 0 Å². The van der Waals surface area contributed by atoms with Crippen LogP contribution in [0.4, 0.5) is 0 Å². The van der Waals surface area contributed by atoms with Gasteiger partial charge in [0.1, 0.15) is 0 Å². The van der Waals surface area contributed by atoms with Crippen LogP contribution in [0.5, 0.6) is 0 Å². The fraction of sp³-hybridized carbons (Fsp3) is 0.467. The van der Waals surface area contributed by atoms with Gasteiger partial charge >= 0.3 is 5.97 Å². The van der Waals surface area contributed by atoms with E-state index >= 15 is 0 Å². The molecule has 0 aromatic heterocycles. The molecular weight excluding hydrogens is 226 g/mol. The molecule has 92 valence electrons. The summed E-state index contributed by atoms with van der Waals surface area (Å²) in [4.78, 5) is 11.8. The van der Waals surface area contributed by atoms with Crippen molar-refractivity contribution in [3.8, 4) is 6.07 Å². The van der Waals surface area contributed by atoms with Crippen LogP contribution in [0.15, 0.2) is 35.5 Å². The van der Waals surface area contributed by atoms with Gasteiger partial charge in [0.15, 0.2) is 5.41 Å². The van der Waals surface area contributed by atoms with Crippen LogP contribution < -0.4 is 0 Å². The normalized spacial score (nSPS) is 35.2. The summed E-state index contributed by atoms with van der Waals surface area (Å²) in [5.74, 6) is -0.782. The molecule has 2 bridgehead atoms. The lowest BCUT2D eigenvalue weighted by Gasteiger charge is -2.49. The first-order valence-electron chi connectivity index (χ1n) is 6.35. The Kier molecular flexibility index (Phi) is 2.10. The van der Waals surface area contributed by atoms with Crippen molar-refractivity contribution in [1.82, 2.24) is 0 Å². The zero-order chi connectivity index (χ0) is 13.0. The summed E-state index contributed by atoms with van der Waals surface area (Å²) in [6.45, 7) is 2.08. The van der Waals surface area contributed by atoms with Gasteiger partial charge in [0.25, 0.3) is 0 Å². The molecule has 0 aliphatic heterocycles. The molecular formula is C15H15NO2. The standard InChI is InChI=1S/C15H15NO2/c1-10-3-2-8-14(9-16,13(17)18)15(10)11-4-5-12(15)7-6-11/h4-7,10H,2-3,8H2,1H3,(H,17,18). The minimum Gasteiger partial charge on any atom is -0.480 e. The van der Waals surface area contributed by atoms with E-state index in [1.165, 1.54) is 0 Å². The van der Waals surface area contributed by atoms with E-state index in [1.807, 2.05) is 24.3 Å². The molecule has 1 N–H and O–H groups in total. The maximum atomic E-state index is 11.8. The van der Waals surface area contributed by atoms with E-state index in [4.69, 9.17) is 0 Å². The zero-order valence-electron chi connectivity index (χ0n) is 10.3. The van der Waals surface area contributed by atoms with Crippen LogP contribution in [0, 0.1) is 28.1 Å². The second-order valence-corrected chi connectivity index (χ2v) is 5.50. The molecule has 3 heteroatoms. The number of hydrogen-bond acceptors (Lipinski definition) is 2. The van der Waals surface area contributed by atoms with E-state index in [0.717, 1.165) is 24.0 Å². The molecule has 3 aliphatic rings. The van der Waals surface area contributed by atoms with Crippen LogP contribution in [-0.4, -0.2) is 11.1 Å². The Labute approximate surface area is 106 Å². The van der Waals surface area contributed by atoms with E-state index < -0.39 is 16.8 Å². The lowest BCUT2D eigenvalue weighted by atomic mass is 9.49. The number of hydrogen-bond donors (Lipinski definition) is 1. The molecule has 3 aliphatic carbocycles. The predicted molar refractivity (Wildman–Crippen MR) is 66.4 cm³/mol. The number of aliphatic carboxylic acids is 1. The molecule has 3 nitrogen and oxygen atoms in total. The third-order valence-corrected chi connectivity index (χ3v) is 4.95. The minimum atomic E-state index is -1.30. The van der Waals surface area contributed by atoms with E-state index in [9.17, 15) is 15.2 Å². The molecule has 1 fully saturated rings. The highest BCUT2D eigenvalue weighted by molar-refractivity contribution is 5.84. The first-order valence-corrected chi connectivity index (χ1v) is 6.35. The molecule has 1 spiro atoms. The van der Waals surface area contributed by atoms with Crippen molar-refractivity contribution in [2.45, 2.75) is 26.2 Å². The third-order valence-electron chi connectivity index (χ3n) is 4.95. The van der Waals surface area contributed by atoms with Gasteiger partial charge in [-0.3, -0.25) is 4.79 Å². The Morgan fingerprint density at radius 1 is 1.44 bits per heavy atom. The molecule has 0 heterocycles. The smallest absolute Gasteiger partial charge is 0.325 e. The Morgan fingerprint density at radius 2 is 2.06 bits per heavy atom. The second kappa shape index (κ2) is 3.35. The molecule has 3 rings (SSSR count). The van der Waals surface area contributed by atoms with Gasteiger partial charge in [-0.2, -0.15) is 5.26 Å². The van der Waals surface area contributed by atoms with Gasteiger partial charge in [0.05, 0.1) is 11.5 Å². The van der Waals surface area contributed by atoms with E-state index in [2.05, 4.69) is 13.0 Å². The summed E-state index contributed by atoms with van der Waals surface area (Å²) in [5.41, 5.74) is 0.107. The highest BCUT2D eigenvalue weighted by Gasteiger charge is 2.66. The van der Waals surface area contributed by atoms with E-state index in [1.54, 1.807) is 0 Å². The Bertz CT molecular complexity index is 540. The van der Waals surface area contributed by atoms with Crippen molar-refractivity contribution in [2.24, 2.45) is 16.7 Å². The molecule has 18 heavy (non-hydrogen) atoms. The molecule has 0 radical (unpaired) electrons. The summed E-state index contributed by atoms with van der Waals surface area (Å²) in [6.07, 6.45) is 10.1. The topological polar surface area (TPSA) is 61.1 Å². The number of carboxylic acid groups (broad SMARTS) is 1. The van der Waals surface area contributed by atoms with Gasteiger partial charge in [-0.05, 0) is 29.9 Å². The van der Waals surface area contributed by atoms with Crippen molar-refractivity contribution in [2.75, 3.05) is 0 Å². The van der Waals surface area contributed by atoms with Gasteiger partial charge in [0.2, 0.25) is 0 Å². The van der Waals surface area contributed by atoms with Crippen molar-refractivity contribution in [3.05, 3.63) is 35.5 Å². The highest BCUT2D eigenvalue weighted by atomic mass is 16.4. The van der Waals surface area contributed by atoms with Gasteiger partial charge in [-0.25, -0.2) is 0 Å². The van der Waals surface area contributed by atoms with Crippen LogP contribution in [-0.2, 0) is 4.79 Å². The Morgan fingerprint density at radius 3 is 2.50 bits per heavy atom. The molecule has 0 saturated heterocycles. The van der Waals surface area contributed by atoms with Crippen molar-refractivity contribution in [1.29, 1.82) is 5.26 Å². The SMILES string of the molecule is CC1CCCC(C#N)(C(=O)O)C12C1=CC=C2C=C1. The second-order valence-electron chi connectivity index (χ2n) is 5.50. The minimum absolute atomic E-state index is 0.192. The van der Waals surface area contributed by atoms with Gasteiger partial charge in [-0.1, -0.05) is 37.6 Å². The van der Waals surface area contributed by atoms with Gasteiger partial charge in [-0.15, -0.1) is 0 Å². The first-order chi connectivity index (χ1) is 8.59. The van der Waals surface area contributed by atoms with Crippen molar-refractivity contribution < 1.29 is 9.90 Å². The fourth-order valence-corrected chi connectivity index (χ4v) is 4.20. The number of allylic oxidation sites excluding steroid dienone is 6. The maximum absolute atomic E-state index is 11.8. The van der Waals surface area contributed by atoms with Crippen LogP contribution in [0.3, 0.4) is 0 Å². The zero-order valence-corrected chi connectivity index (χ0v) is 10.3. The Balaban J connectivity index is 2.27. The summed E-state index contributed by atoms with van der Waals surface area (Å²) < 4.78 is 0. The molecule has 2 unspecified atom stereocenters. The molecule has 0 aromatic rings. The first kappa shape index (κ1) is 11.3. The number of carboxylic acids is 1. The van der Waals surface area contributed by atoms with Crippen LogP contribution >= 0.6 is 0 Å². The fourth-order valence-electron chi connectivity index (χ4n) is 4.20. The quantitative estimate of drug-likeness (QED) is 0.767. The monoisotopic (exact) mass is 241 g/mol. The number of rotatable bonds is 1. The average molecular weight is 241 g/mol. The summed E-state index contributed by atoms with van der Waals surface area (Å²) in [5, 5.41) is 19.3. The van der Waals surface area contributed by atoms with Crippen LogP contribution in [0.1, 0.15) is 26.2 Å². The van der Waals surface area contributed by atoms with Crippen molar-refractivity contribution >= 4 is 5.97 Å². The molecule has 1 saturated carbocycles. The Hall–Kier alpha value is -1.82. The van der Waals surface area contributed by atoms with Crippen LogP contribution in [0.2, 0.25) is 0 Å². The summed E-state index contributed by atoms with van der Waals surface area (Å²) in [7, 11) is 0. The molecule has 2 atom stereocenters. The molecule has 0 aromatic carbocycles. The third kappa shape index (κ3) is 0.940. The number of carbonyl (C=O) groups is 1. The maximum Gasteiger partial charge on any atom is 0.325 e. The summed E-state index contributed by atoms with van der Waals surface area (Å²) >= 11 is 0. The average Bonchev–Trinajstić information content (AvgIpc) is 2.90. The predicted octanol–water partition coefficient (Wildman–Crippen LogP) is 2.82. The number of nitriles is 1. The van der Waals surface area contributed by atoms with E-state index in [0.29, 0.717) is 6.42 Å². The lowest BCUT2D eigenvalue weighted by molar-refractivity contribution is -0.154. The highest BCUT2D eigenvalue weighted by Crippen LogP contribution is 2.66. The van der Waals surface area contributed by atoms with Crippen LogP contribution in [0.25, 0.3) is 0 Å². The molecule has 0 amide bonds. The summed E-state index contributed by atoms with van der Waals surface area (Å²) in [6, 6.07) is 2.16. The lowest BCUT2D eigenvalue weighted by Crippen LogP contribution is -2.53. The number of nitrogens with zero attached hydrogens (tertiary/aromatic N) is 1.